The van der Waals surface area contributed by atoms with Gasteiger partial charge in [-0.2, -0.15) is 5.10 Å². The molecule has 27 heavy (non-hydrogen) atoms. The van der Waals surface area contributed by atoms with Crippen molar-refractivity contribution < 1.29 is 8.78 Å². The van der Waals surface area contributed by atoms with Crippen LogP contribution in [-0.2, 0) is 13.0 Å². The van der Waals surface area contributed by atoms with Gasteiger partial charge >= 0.3 is 0 Å². The first kappa shape index (κ1) is 17.7. The molecular weight excluding hydrogens is 352 g/mol. The number of rotatable bonds is 6. The average molecular weight is 373 g/mol. The summed E-state index contributed by atoms with van der Waals surface area (Å²) in [6, 6.07) is 3.77. The lowest BCUT2D eigenvalue weighted by Crippen LogP contribution is -2.32. The number of nitrogens with zero attached hydrogens (tertiary/aromatic N) is 7. The lowest BCUT2D eigenvalue weighted by Gasteiger charge is -2.26. The van der Waals surface area contributed by atoms with Gasteiger partial charge in [-0.25, -0.2) is 28.1 Å². The first-order chi connectivity index (χ1) is 13.2. The lowest BCUT2D eigenvalue weighted by molar-refractivity contribution is 0.230. The number of likely N-dealkylation sites (tertiary alicyclic amines) is 1. The van der Waals surface area contributed by atoms with Crippen molar-refractivity contribution in [2.75, 3.05) is 19.6 Å². The minimum absolute atomic E-state index is 0.368. The first-order valence-corrected chi connectivity index (χ1v) is 9.14. The van der Waals surface area contributed by atoms with Crippen LogP contribution < -0.4 is 0 Å². The van der Waals surface area contributed by atoms with Crippen LogP contribution in [0.15, 0.2) is 30.9 Å². The second kappa shape index (κ2) is 7.91. The fourth-order valence-corrected chi connectivity index (χ4v) is 3.34. The topological polar surface area (TPSA) is 64.7 Å². The Morgan fingerprint density at radius 1 is 1.04 bits per heavy atom. The Kier molecular flexibility index (Phi) is 5.19. The van der Waals surface area contributed by atoms with E-state index in [1.165, 1.54) is 31.7 Å². The molecule has 4 rings (SSSR count). The molecule has 0 saturated carbocycles. The van der Waals surface area contributed by atoms with Crippen LogP contribution >= 0.6 is 0 Å². The molecule has 1 aliphatic rings. The predicted octanol–water partition coefficient (Wildman–Crippen LogP) is 2.21. The van der Waals surface area contributed by atoms with Crippen LogP contribution in [0.1, 0.15) is 30.9 Å². The molecule has 0 aliphatic carbocycles. The van der Waals surface area contributed by atoms with E-state index in [2.05, 4.69) is 25.1 Å². The predicted molar refractivity (Wildman–Crippen MR) is 94.4 cm³/mol. The summed E-state index contributed by atoms with van der Waals surface area (Å²) in [5, 5.41) is 8.57. The molecule has 0 bridgehead atoms. The van der Waals surface area contributed by atoms with E-state index >= 15 is 0 Å². The molecule has 0 unspecified atom stereocenters. The first-order valence-electron chi connectivity index (χ1n) is 9.14. The van der Waals surface area contributed by atoms with Gasteiger partial charge in [0.15, 0.2) is 17.5 Å². The Balaban J connectivity index is 1.59. The van der Waals surface area contributed by atoms with Crippen LogP contribution in [0.2, 0.25) is 0 Å². The van der Waals surface area contributed by atoms with E-state index in [1.54, 1.807) is 15.7 Å². The van der Waals surface area contributed by atoms with Crippen molar-refractivity contribution in [2.45, 2.75) is 32.2 Å². The summed E-state index contributed by atoms with van der Waals surface area (Å²) in [5.41, 5.74) is 0.458. The second-order valence-corrected chi connectivity index (χ2v) is 6.70. The van der Waals surface area contributed by atoms with Crippen LogP contribution in [0.4, 0.5) is 8.78 Å². The van der Waals surface area contributed by atoms with Crippen molar-refractivity contribution in [3.8, 4) is 5.69 Å². The van der Waals surface area contributed by atoms with Gasteiger partial charge in [0.25, 0.3) is 0 Å². The van der Waals surface area contributed by atoms with E-state index in [4.69, 9.17) is 0 Å². The highest BCUT2D eigenvalue weighted by Crippen LogP contribution is 2.16. The van der Waals surface area contributed by atoms with Crippen LogP contribution in [0.5, 0.6) is 0 Å². The van der Waals surface area contributed by atoms with Gasteiger partial charge in [-0.15, -0.1) is 5.10 Å². The van der Waals surface area contributed by atoms with Crippen LogP contribution in [0, 0.1) is 11.6 Å². The normalized spacial score (nSPS) is 15.3. The molecule has 0 atom stereocenters. The summed E-state index contributed by atoms with van der Waals surface area (Å²) in [6.45, 7) is 3.41. The van der Waals surface area contributed by atoms with E-state index in [9.17, 15) is 8.78 Å². The van der Waals surface area contributed by atoms with Gasteiger partial charge in [-0.05, 0) is 38.1 Å². The standard InChI is InChI=1S/C18H21F2N7/c19-15-5-4-14(10-16(15)20)27-18(6-9-25-7-2-1-3-8-25)23-17(24-27)11-26-13-21-12-22-26/h4-5,10,12-13H,1-3,6-9,11H2. The molecule has 142 valence electrons. The largest absolute Gasteiger partial charge is 0.303 e. The minimum atomic E-state index is -0.900. The monoisotopic (exact) mass is 373 g/mol. The molecule has 0 N–H and O–H groups in total. The van der Waals surface area contributed by atoms with Gasteiger partial charge in [0, 0.05) is 19.0 Å². The van der Waals surface area contributed by atoms with Crippen LogP contribution in [0.3, 0.4) is 0 Å². The smallest absolute Gasteiger partial charge is 0.172 e. The van der Waals surface area contributed by atoms with Crippen molar-refractivity contribution in [3.05, 3.63) is 54.1 Å². The van der Waals surface area contributed by atoms with Gasteiger partial charge in [0.2, 0.25) is 0 Å². The van der Waals surface area contributed by atoms with Crippen molar-refractivity contribution >= 4 is 0 Å². The fraction of sp³-hybridized carbons (Fsp3) is 0.444. The number of hydrogen-bond donors (Lipinski definition) is 0. The highest BCUT2D eigenvalue weighted by Gasteiger charge is 2.16. The molecule has 1 aliphatic heterocycles. The van der Waals surface area contributed by atoms with E-state index in [-0.39, 0.29) is 0 Å². The molecular formula is C18H21F2N7. The number of piperidine rings is 1. The van der Waals surface area contributed by atoms with Crippen LogP contribution in [0.25, 0.3) is 5.69 Å². The Bertz CT molecular complexity index is 885. The number of hydrogen-bond acceptors (Lipinski definition) is 5. The van der Waals surface area contributed by atoms with E-state index in [0.717, 1.165) is 37.6 Å². The molecule has 1 saturated heterocycles. The Hall–Kier alpha value is -2.68. The molecule has 0 amide bonds. The maximum Gasteiger partial charge on any atom is 0.172 e. The average Bonchev–Trinajstić information content (AvgIpc) is 3.33. The number of halogens is 2. The number of aromatic nitrogens is 6. The molecule has 3 heterocycles. The van der Waals surface area contributed by atoms with E-state index < -0.39 is 11.6 Å². The molecule has 2 aromatic heterocycles. The zero-order valence-electron chi connectivity index (χ0n) is 14.9. The van der Waals surface area contributed by atoms with E-state index in [1.807, 2.05) is 0 Å². The highest BCUT2D eigenvalue weighted by atomic mass is 19.2. The van der Waals surface area contributed by atoms with Gasteiger partial charge < -0.3 is 4.90 Å². The van der Waals surface area contributed by atoms with Crippen molar-refractivity contribution in [2.24, 2.45) is 0 Å². The Morgan fingerprint density at radius 3 is 2.63 bits per heavy atom. The second-order valence-electron chi connectivity index (χ2n) is 6.70. The minimum Gasteiger partial charge on any atom is -0.303 e. The van der Waals surface area contributed by atoms with Gasteiger partial charge in [0.1, 0.15) is 25.0 Å². The third-order valence-electron chi connectivity index (χ3n) is 4.74. The van der Waals surface area contributed by atoms with Crippen molar-refractivity contribution in [1.82, 2.24) is 34.4 Å². The quantitative estimate of drug-likeness (QED) is 0.663. The summed E-state index contributed by atoms with van der Waals surface area (Å²) >= 11 is 0. The fourth-order valence-electron chi connectivity index (χ4n) is 3.34. The maximum atomic E-state index is 13.7. The molecule has 3 aromatic rings. The van der Waals surface area contributed by atoms with Gasteiger partial charge in [-0.1, -0.05) is 6.42 Å². The molecule has 9 heteroatoms. The highest BCUT2D eigenvalue weighted by molar-refractivity contribution is 5.33. The zero-order chi connectivity index (χ0) is 18.6. The van der Waals surface area contributed by atoms with E-state index in [0.29, 0.717) is 24.5 Å². The summed E-state index contributed by atoms with van der Waals surface area (Å²) < 4.78 is 30.3. The van der Waals surface area contributed by atoms with Gasteiger partial charge in [-0.3, -0.25) is 0 Å². The van der Waals surface area contributed by atoms with Gasteiger partial charge in [0.05, 0.1) is 5.69 Å². The maximum absolute atomic E-state index is 13.7. The van der Waals surface area contributed by atoms with Crippen molar-refractivity contribution in [3.63, 3.8) is 0 Å². The molecule has 1 fully saturated rings. The Labute approximate surface area is 155 Å². The molecule has 0 radical (unpaired) electrons. The number of benzene rings is 1. The third-order valence-corrected chi connectivity index (χ3v) is 4.74. The SMILES string of the molecule is Fc1ccc(-n2nc(Cn3cncn3)nc2CCN2CCCCC2)cc1F. The molecule has 0 spiro atoms. The summed E-state index contributed by atoms with van der Waals surface area (Å²) in [4.78, 5) is 10.9. The zero-order valence-corrected chi connectivity index (χ0v) is 14.9. The third kappa shape index (κ3) is 4.19. The van der Waals surface area contributed by atoms with Crippen molar-refractivity contribution in [1.29, 1.82) is 0 Å². The van der Waals surface area contributed by atoms with Crippen LogP contribution in [-0.4, -0.2) is 54.1 Å². The Morgan fingerprint density at radius 2 is 1.89 bits per heavy atom. The lowest BCUT2D eigenvalue weighted by atomic mass is 10.1. The summed E-state index contributed by atoms with van der Waals surface area (Å²) in [5.74, 6) is -0.500. The summed E-state index contributed by atoms with van der Waals surface area (Å²) in [7, 11) is 0. The molecule has 7 nitrogen and oxygen atoms in total. The summed E-state index contributed by atoms with van der Waals surface area (Å²) in [6.07, 6.45) is 7.43. The molecule has 1 aromatic carbocycles.